The molecular weight excluding hydrogens is 528 g/mol. The molecule has 0 fully saturated rings. The van der Waals surface area contributed by atoms with Crippen LogP contribution in [0.15, 0.2) is 130 Å². The molecule has 0 amide bonds. The molecule has 0 aliphatic heterocycles. The summed E-state index contributed by atoms with van der Waals surface area (Å²) in [5.74, 6) is 0.330. The lowest BCUT2D eigenvalue weighted by Crippen LogP contribution is -2.32. The molecule has 3 N–H and O–H groups in total. The van der Waals surface area contributed by atoms with Gasteiger partial charge in [0.25, 0.3) is 0 Å². The van der Waals surface area contributed by atoms with Gasteiger partial charge in [0.15, 0.2) is 0 Å². The minimum Gasteiger partial charge on any atom is -0.393 e. The van der Waals surface area contributed by atoms with Crippen LogP contribution in [0.5, 0.6) is 0 Å². The number of rotatable bonds is 11. The van der Waals surface area contributed by atoms with Gasteiger partial charge in [0.1, 0.15) is 0 Å². The van der Waals surface area contributed by atoms with E-state index in [2.05, 4.69) is 105 Å². The van der Waals surface area contributed by atoms with Crippen LogP contribution in [0.2, 0.25) is 0 Å². The minimum absolute atomic E-state index is 0.0275. The zero-order valence-electron chi connectivity index (χ0n) is 28.1. The number of aliphatic hydroxyl groups excluding tert-OH is 3. The third-order valence-corrected chi connectivity index (χ3v) is 8.41. The highest BCUT2D eigenvalue weighted by molar-refractivity contribution is 5.38. The van der Waals surface area contributed by atoms with Crippen molar-refractivity contribution in [1.29, 1.82) is 0 Å². The molecule has 3 nitrogen and oxygen atoms in total. The number of hydrogen-bond acceptors (Lipinski definition) is 3. The maximum absolute atomic E-state index is 10.1. The number of aliphatic hydroxyl groups is 3. The Balaban J connectivity index is 1.94. The summed E-state index contributed by atoms with van der Waals surface area (Å²) >= 11 is 0. The summed E-state index contributed by atoms with van der Waals surface area (Å²) < 4.78 is 0. The van der Waals surface area contributed by atoms with E-state index in [0.29, 0.717) is 5.92 Å². The SMILES string of the molecule is CC1=C[C@H](O)CC(C)(C)[C@@H]1/C=C/C(C)=C/C=C/C(C)=C/C=C/C=C(/C=C/C=C(C)/C=C/C1=C(C)C[C@@H](O)CC1(C)C)CO. The highest BCUT2D eigenvalue weighted by Crippen LogP contribution is 2.42. The molecule has 0 radical (unpaired) electrons. The molecule has 0 spiro atoms. The van der Waals surface area contributed by atoms with Gasteiger partial charge in [-0.15, -0.1) is 0 Å². The van der Waals surface area contributed by atoms with Crippen molar-refractivity contribution in [3.8, 4) is 0 Å². The first-order valence-corrected chi connectivity index (χ1v) is 15.6. The van der Waals surface area contributed by atoms with E-state index in [9.17, 15) is 15.3 Å². The molecule has 0 unspecified atom stereocenters. The fraction of sp³-hybridized carbons (Fsp3) is 0.450. The molecule has 3 heteroatoms. The monoisotopic (exact) mass is 584 g/mol. The van der Waals surface area contributed by atoms with Crippen LogP contribution in [0.25, 0.3) is 0 Å². The second-order valence-corrected chi connectivity index (χ2v) is 13.7. The molecule has 0 heterocycles. The fourth-order valence-electron chi connectivity index (χ4n) is 6.19. The lowest BCUT2D eigenvalue weighted by molar-refractivity contribution is 0.116. The van der Waals surface area contributed by atoms with Crippen LogP contribution in [0.4, 0.5) is 0 Å². The number of hydrogen-bond donors (Lipinski definition) is 3. The molecule has 0 saturated carbocycles. The van der Waals surface area contributed by atoms with Crippen molar-refractivity contribution in [2.75, 3.05) is 6.61 Å². The smallest absolute Gasteiger partial charge is 0.0729 e. The van der Waals surface area contributed by atoms with Crippen LogP contribution >= 0.6 is 0 Å². The highest BCUT2D eigenvalue weighted by Gasteiger charge is 2.34. The predicted molar refractivity (Wildman–Crippen MR) is 186 cm³/mol. The fourth-order valence-corrected chi connectivity index (χ4v) is 6.19. The average molecular weight is 585 g/mol. The number of allylic oxidation sites excluding steroid dienone is 18. The van der Waals surface area contributed by atoms with E-state index in [-0.39, 0.29) is 29.6 Å². The van der Waals surface area contributed by atoms with Crippen molar-refractivity contribution in [2.45, 2.75) is 93.8 Å². The van der Waals surface area contributed by atoms with Gasteiger partial charge in [-0.05, 0) is 75.9 Å². The largest absolute Gasteiger partial charge is 0.393 e. The lowest BCUT2D eigenvalue weighted by Gasteiger charge is -2.38. The molecule has 3 atom stereocenters. The first-order chi connectivity index (χ1) is 20.1. The molecule has 43 heavy (non-hydrogen) atoms. The van der Waals surface area contributed by atoms with Crippen LogP contribution < -0.4 is 0 Å². The van der Waals surface area contributed by atoms with Gasteiger partial charge in [0, 0.05) is 5.92 Å². The van der Waals surface area contributed by atoms with Gasteiger partial charge >= 0.3 is 0 Å². The van der Waals surface area contributed by atoms with E-state index in [1.807, 2.05) is 48.6 Å². The molecule has 2 aliphatic rings. The van der Waals surface area contributed by atoms with E-state index in [1.54, 1.807) is 0 Å². The Morgan fingerprint density at radius 2 is 1.37 bits per heavy atom. The molecule has 234 valence electrons. The van der Waals surface area contributed by atoms with Crippen LogP contribution in [0.1, 0.15) is 81.6 Å². The van der Waals surface area contributed by atoms with E-state index < -0.39 is 0 Å². The van der Waals surface area contributed by atoms with Gasteiger partial charge in [-0.3, -0.25) is 0 Å². The van der Waals surface area contributed by atoms with Gasteiger partial charge in [-0.25, -0.2) is 0 Å². The van der Waals surface area contributed by atoms with Gasteiger partial charge in [-0.2, -0.15) is 0 Å². The molecule has 0 bridgehead atoms. The Morgan fingerprint density at radius 3 is 2.00 bits per heavy atom. The Labute approximate surface area is 262 Å². The summed E-state index contributed by atoms with van der Waals surface area (Å²) in [6, 6.07) is 0. The summed E-state index contributed by atoms with van der Waals surface area (Å²) in [6.07, 6.45) is 32.5. The standard InChI is InChI=1S/C40H56O3/c1-29(15-12-16-30(2)20-22-37-32(4)24-35(42)26-39(37,6)7)14-10-11-18-34(28-41)19-13-17-31(3)21-23-38-33(5)25-36(43)27-40(38,8)9/h10-24,35-37,41-43H,25-28H2,1-9H3/b11-10+,15-12+,19-13+,22-20+,23-21+,29-14+,30-16+,31-17+,34-18-/t35-,36+,37+/m0/s1. The van der Waals surface area contributed by atoms with Crippen LogP contribution in [0.3, 0.4) is 0 Å². The minimum atomic E-state index is -0.343. The first-order valence-electron chi connectivity index (χ1n) is 15.6. The van der Waals surface area contributed by atoms with Crippen molar-refractivity contribution in [1.82, 2.24) is 0 Å². The zero-order valence-corrected chi connectivity index (χ0v) is 28.1. The van der Waals surface area contributed by atoms with Gasteiger partial charge in [-0.1, -0.05) is 147 Å². The Morgan fingerprint density at radius 1 is 0.791 bits per heavy atom. The topological polar surface area (TPSA) is 60.7 Å². The van der Waals surface area contributed by atoms with Crippen molar-refractivity contribution < 1.29 is 15.3 Å². The van der Waals surface area contributed by atoms with Crippen molar-refractivity contribution >= 4 is 0 Å². The van der Waals surface area contributed by atoms with E-state index in [4.69, 9.17) is 0 Å². The summed E-state index contributed by atoms with van der Waals surface area (Å²) in [4.78, 5) is 0. The summed E-state index contributed by atoms with van der Waals surface area (Å²) in [7, 11) is 0. The third kappa shape index (κ3) is 12.3. The first kappa shape index (κ1) is 36.2. The maximum atomic E-state index is 10.1. The van der Waals surface area contributed by atoms with E-state index in [0.717, 1.165) is 36.0 Å². The molecule has 0 aromatic rings. The second-order valence-electron chi connectivity index (χ2n) is 13.7. The lowest BCUT2D eigenvalue weighted by atomic mass is 9.67. The predicted octanol–water partition coefficient (Wildman–Crippen LogP) is 9.38. The van der Waals surface area contributed by atoms with Crippen LogP contribution in [-0.4, -0.2) is 34.1 Å². The van der Waals surface area contributed by atoms with Crippen LogP contribution in [0, 0.1) is 16.7 Å². The highest BCUT2D eigenvalue weighted by atomic mass is 16.3. The van der Waals surface area contributed by atoms with Gasteiger partial charge in [0.2, 0.25) is 0 Å². The molecule has 2 aliphatic carbocycles. The molecule has 0 aromatic carbocycles. The van der Waals surface area contributed by atoms with Gasteiger partial charge in [0.05, 0.1) is 18.8 Å². The maximum Gasteiger partial charge on any atom is 0.0729 e. The third-order valence-electron chi connectivity index (χ3n) is 8.41. The Hall–Kier alpha value is -2.98. The molecule has 0 saturated heterocycles. The summed E-state index contributed by atoms with van der Waals surface area (Å²) in [5.41, 5.74) is 8.08. The van der Waals surface area contributed by atoms with Gasteiger partial charge < -0.3 is 15.3 Å². The normalized spacial score (nSPS) is 26.2. The van der Waals surface area contributed by atoms with Crippen LogP contribution in [-0.2, 0) is 0 Å². The van der Waals surface area contributed by atoms with Crippen molar-refractivity contribution in [2.24, 2.45) is 16.7 Å². The second kappa shape index (κ2) is 16.8. The molecule has 0 aromatic heterocycles. The average Bonchev–Trinajstić information content (AvgIpc) is 2.87. The molecule has 2 rings (SSSR count). The van der Waals surface area contributed by atoms with Crippen molar-refractivity contribution in [3.63, 3.8) is 0 Å². The van der Waals surface area contributed by atoms with E-state index in [1.165, 1.54) is 22.3 Å². The quantitative estimate of drug-likeness (QED) is 0.167. The summed E-state index contributed by atoms with van der Waals surface area (Å²) in [5, 5.41) is 29.9. The Bertz CT molecular complexity index is 1290. The Kier molecular flexibility index (Phi) is 14.1. The zero-order chi connectivity index (χ0) is 32.2. The van der Waals surface area contributed by atoms with Crippen molar-refractivity contribution in [3.05, 3.63) is 130 Å². The van der Waals surface area contributed by atoms with E-state index >= 15 is 0 Å². The molecular formula is C40H56O3. The summed E-state index contributed by atoms with van der Waals surface area (Å²) in [6.45, 7) is 19.3.